The second-order valence-electron chi connectivity index (χ2n) is 6.71. The number of rotatable bonds is 6. The summed E-state index contributed by atoms with van der Waals surface area (Å²) in [6, 6.07) is 7.94. The number of anilines is 1. The molecule has 7 heteroatoms. The Hall–Kier alpha value is -1.86. The average Bonchev–Trinajstić information content (AvgIpc) is 2.98. The number of nitrogens with zero attached hydrogens (tertiary/aromatic N) is 3. The number of thiocarbonyl (C=S) groups is 1. The van der Waals surface area contributed by atoms with Crippen LogP contribution in [-0.4, -0.2) is 46.9 Å². The van der Waals surface area contributed by atoms with Gasteiger partial charge in [-0.25, -0.2) is 0 Å². The molecule has 144 valence electrons. The van der Waals surface area contributed by atoms with Gasteiger partial charge in [-0.15, -0.1) is 0 Å². The highest BCUT2D eigenvalue weighted by molar-refractivity contribution is 8.03. The fourth-order valence-corrected chi connectivity index (χ4v) is 4.74. The van der Waals surface area contributed by atoms with Gasteiger partial charge in [-0.1, -0.05) is 50.6 Å². The van der Waals surface area contributed by atoms with Crippen LogP contribution in [0.4, 0.5) is 5.69 Å². The molecule has 0 unspecified atom stereocenters. The number of hydrogen-bond acceptors (Lipinski definition) is 5. The number of para-hydroxylation sites is 1. The van der Waals surface area contributed by atoms with E-state index < -0.39 is 0 Å². The van der Waals surface area contributed by atoms with Crippen molar-refractivity contribution in [1.29, 1.82) is 0 Å². The molecule has 1 aromatic rings. The molecule has 5 nitrogen and oxygen atoms in total. The Morgan fingerprint density at radius 2 is 1.52 bits per heavy atom. The van der Waals surface area contributed by atoms with Crippen LogP contribution in [0.3, 0.4) is 0 Å². The largest absolute Gasteiger partial charge is 0.337 e. The van der Waals surface area contributed by atoms with Crippen LogP contribution in [-0.2, 0) is 9.59 Å². The molecule has 1 fully saturated rings. The highest BCUT2D eigenvalue weighted by atomic mass is 32.2. The van der Waals surface area contributed by atoms with Crippen LogP contribution >= 0.6 is 24.0 Å². The van der Waals surface area contributed by atoms with Crippen LogP contribution < -0.4 is 4.90 Å². The molecule has 2 amide bonds. The van der Waals surface area contributed by atoms with E-state index in [0.29, 0.717) is 23.2 Å². The molecule has 1 saturated heterocycles. The molecule has 27 heavy (non-hydrogen) atoms. The van der Waals surface area contributed by atoms with Crippen molar-refractivity contribution in [2.24, 2.45) is 0 Å². The van der Waals surface area contributed by atoms with Gasteiger partial charge >= 0.3 is 0 Å². The van der Waals surface area contributed by atoms with Crippen LogP contribution in [0.25, 0.3) is 0 Å². The Bertz CT molecular complexity index is 774. The predicted octanol–water partition coefficient (Wildman–Crippen LogP) is 4.00. The maximum atomic E-state index is 13.2. The summed E-state index contributed by atoms with van der Waals surface area (Å²) in [6.45, 7) is 5.24. The van der Waals surface area contributed by atoms with Gasteiger partial charge in [0.1, 0.15) is 5.57 Å². The molecule has 0 N–H and O–H groups in total. The Labute approximate surface area is 170 Å². The first kappa shape index (κ1) is 19.9. The van der Waals surface area contributed by atoms with E-state index in [1.807, 2.05) is 36.2 Å². The Morgan fingerprint density at radius 1 is 0.963 bits per heavy atom. The fourth-order valence-electron chi connectivity index (χ4n) is 3.21. The Morgan fingerprint density at radius 3 is 2.04 bits per heavy atom. The zero-order chi connectivity index (χ0) is 19.6. The van der Waals surface area contributed by atoms with E-state index >= 15 is 0 Å². The van der Waals surface area contributed by atoms with Crippen LogP contribution in [0.5, 0.6) is 0 Å². The van der Waals surface area contributed by atoms with Crippen molar-refractivity contribution in [1.82, 2.24) is 9.80 Å². The zero-order valence-corrected chi connectivity index (χ0v) is 17.7. The molecule has 2 heterocycles. The van der Waals surface area contributed by atoms with Crippen molar-refractivity contribution in [2.45, 2.75) is 44.4 Å². The van der Waals surface area contributed by atoms with Gasteiger partial charge in [0, 0.05) is 25.0 Å². The summed E-state index contributed by atoms with van der Waals surface area (Å²) < 4.78 is 0. The van der Waals surface area contributed by atoms with Gasteiger partial charge in [0.15, 0.2) is 5.11 Å². The lowest BCUT2D eigenvalue weighted by molar-refractivity contribution is -0.134. The number of benzene rings is 1. The number of hydrogen-bond donors (Lipinski definition) is 0. The van der Waals surface area contributed by atoms with E-state index in [1.165, 1.54) is 11.8 Å². The van der Waals surface area contributed by atoms with E-state index in [2.05, 4.69) is 13.8 Å². The third-order valence-corrected chi connectivity index (χ3v) is 6.48. The lowest BCUT2D eigenvalue weighted by Gasteiger charge is -2.37. The van der Waals surface area contributed by atoms with E-state index in [4.69, 9.17) is 12.2 Å². The SMILES string of the molecule is CCCCN1C(=O)C(=C2Sc3ccccc3N2C)C(=O)N(CCCC)C1=S. The number of amides is 2. The molecular weight excluding hydrogens is 378 g/mol. The first-order valence-corrected chi connectivity index (χ1v) is 10.7. The lowest BCUT2D eigenvalue weighted by atomic mass is 10.1. The quantitative estimate of drug-likeness (QED) is 0.408. The highest BCUT2D eigenvalue weighted by Crippen LogP contribution is 2.47. The summed E-state index contributed by atoms with van der Waals surface area (Å²) in [5.74, 6) is -0.540. The molecule has 1 aromatic carbocycles. The van der Waals surface area contributed by atoms with Gasteiger partial charge < -0.3 is 4.90 Å². The molecule has 0 atom stereocenters. The maximum Gasteiger partial charge on any atom is 0.268 e. The van der Waals surface area contributed by atoms with Crippen molar-refractivity contribution >= 4 is 46.6 Å². The monoisotopic (exact) mass is 403 g/mol. The van der Waals surface area contributed by atoms with Crippen molar-refractivity contribution < 1.29 is 9.59 Å². The summed E-state index contributed by atoms with van der Waals surface area (Å²) >= 11 is 7.00. The second-order valence-corrected chi connectivity index (χ2v) is 8.11. The van der Waals surface area contributed by atoms with Gasteiger partial charge in [0.2, 0.25) is 0 Å². The maximum absolute atomic E-state index is 13.2. The minimum atomic E-state index is -0.270. The third kappa shape index (κ3) is 3.62. The second kappa shape index (κ2) is 8.44. The number of carbonyl (C=O) groups is 2. The first-order chi connectivity index (χ1) is 13.0. The summed E-state index contributed by atoms with van der Waals surface area (Å²) in [6.07, 6.45) is 3.63. The Balaban J connectivity index is 2.03. The smallest absolute Gasteiger partial charge is 0.268 e. The zero-order valence-electron chi connectivity index (χ0n) is 16.0. The molecule has 3 rings (SSSR count). The average molecular weight is 404 g/mol. The molecule has 0 radical (unpaired) electrons. The third-order valence-electron chi connectivity index (χ3n) is 4.80. The minimum absolute atomic E-state index is 0.236. The topological polar surface area (TPSA) is 43.9 Å². The fraction of sp³-hybridized carbons (Fsp3) is 0.450. The van der Waals surface area contributed by atoms with E-state index in [0.717, 1.165) is 36.3 Å². The van der Waals surface area contributed by atoms with Crippen molar-refractivity contribution in [2.75, 3.05) is 25.0 Å². The van der Waals surface area contributed by atoms with E-state index in [1.54, 1.807) is 9.80 Å². The van der Waals surface area contributed by atoms with E-state index in [9.17, 15) is 9.59 Å². The van der Waals surface area contributed by atoms with Crippen molar-refractivity contribution in [3.63, 3.8) is 0 Å². The number of thioether (sulfide) groups is 1. The van der Waals surface area contributed by atoms with Gasteiger partial charge in [-0.3, -0.25) is 19.4 Å². The highest BCUT2D eigenvalue weighted by Gasteiger charge is 2.43. The molecule has 0 aromatic heterocycles. The number of carbonyl (C=O) groups excluding carboxylic acids is 2. The number of fused-ring (bicyclic) bond motifs is 1. The summed E-state index contributed by atoms with van der Waals surface area (Å²) in [4.78, 5) is 32.7. The van der Waals surface area contributed by atoms with Crippen molar-refractivity contribution in [3.8, 4) is 0 Å². The Kier molecular flexibility index (Phi) is 6.22. The minimum Gasteiger partial charge on any atom is -0.337 e. The summed E-state index contributed by atoms with van der Waals surface area (Å²) in [7, 11) is 1.90. The summed E-state index contributed by atoms with van der Waals surface area (Å²) in [5.41, 5.74) is 1.25. The van der Waals surface area contributed by atoms with Gasteiger partial charge in [0.05, 0.1) is 10.7 Å². The molecular formula is C20H25N3O2S2. The summed E-state index contributed by atoms with van der Waals surface area (Å²) in [5, 5.41) is 1.04. The normalized spacial score (nSPS) is 17.3. The molecule has 0 aliphatic carbocycles. The molecule has 0 bridgehead atoms. The first-order valence-electron chi connectivity index (χ1n) is 9.43. The lowest BCUT2D eigenvalue weighted by Crippen LogP contribution is -2.57. The van der Waals surface area contributed by atoms with Crippen LogP contribution in [0.1, 0.15) is 39.5 Å². The number of unbranched alkanes of at least 4 members (excludes halogenated alkanes) is 2. The molecule has 2 aliphatic heterocycles. The standard InChI is InChI=1S/C20H25N3O2S2/c1-4-6-12-22-17(24)16(18(25)23(20(22)26)13-7-5-2)19-21(3)14-10-8-9-11-15(14)27-19/h8-11H,4-7,12-13H2,1-3H3. The van der Waals surface area contributed by atoms with Gasteiger partial charge in [-0.2, -0.15) is 0 Å². The molecule has 0 spiro atoms. The van der Waals surface area contributed by atoms with Gasteiger partial charge in [0.25, 0.3) is 11.8 Å². The van der Waals surface area contributed by atoms with Crippen LogP contribution in [0.15, 0.2) is 39.8 Å². The van der Waals surface area contributed by atoms with Crippen molar-refractivity contribution in [3.05, 3.63) is 34.9 Å². The molecule has 0 saturated carbocycles. The molecule has 2 aliphatic rings. The predicted molar refractivity (Wildman–Crippen MR) is 114 cm³/mol. The van der Waals surface area contributed by atoms with Crippen LogP contribution in [0, 0.1) is 0 Å². The van der Waals surface area contributed by atoms with E-state index in [-0.39, 0.29) is 17.4 Å². The van der Waals surface area contributed by atoms with Gasteiger partial charge in [-0.05, 0) is 37.2 Å². The van der Waals surface area contributed by atoms with Crippen LogP contribution in [0.2, 0.25) is 0 Å².